The molecule has 3 aromatic heterocycles. The quantitative estimate of drug-likeness (QED) is 0.136. The SMILES string of the molecule is Cn1nc(N2CCC(=O)NC2=O)c2ccc(C3CCN(C(c4cccc(S(=O)(=O)N5CCC(Nc6ncc(C(F)(F)F)c(-c7cnn(CC(F)(F)F)c7)n6)CC5)c4)C(F)F)CC3)cc21. The Morgan fingerprint density at radius 3 is 2.33 bits per heavy atom. The Bertz CT molecular complexity index is 2660. The number of carbonyl (C=O) groups is 2. The lowest BCUT2D eigenvalue weighted by molar-refractivity contribution is -0.142. The van der Waals surface area contributed by atoms with Crippen LogP contribution in [-0.4, -0.2) is 110 Å². The van der Waals surface area contributed by atoms with Crippen molar-refractivity contribution in [2.75, 3.05) is 42.9 Å². The number of benzene rings is 2. The van der Waals surface area contributed by atoms with Crippen LogP contribution in [0.1, 0.15) is 60.8 Å². The maximum Gasteiger partial charge on any atom is 0.419 e. The number of sulfonamides is 1. The van der Waals surface area contributed by atoms with Gasteiger partial charge in [-0.25, -0.2) is 32.0 Å². The molecule has 0 spiro atoms. The minimum atomic E-state index is -4.94. The van der Waals surface area contributed by atoms with E-state index in [9.17, 15) is 53.1 Å². The van der Waals surface area contributed by atoms with Crippen LogP contribution < -0.4 is 15.5 Å². The van der Waals surface area contributed by atoms with Crippen LogP contribution in [0, 0.1) is 0 Å². The fourth-order valence-corrected chi connectivity index (χ4v) is 10.1. The van der Waals surface area contributed by atoms with Crippen molar-refractivity contribution in [3.05, 3.63) is 77.7 Å². The van der Waals surface area contributed by atoms with Crippen LogP contribution in [0.3, 0.4) is 0 Å². The third kappa shape index (κ3) is 9.39. The molecule has 0 aliphatic carbocycles. The molecule has 3 aliphatic rings. The minimum Gasteiger partial charge on any atom is -0.351 e. The summed E-state index contributed by atoms with van der Waals surface area (Å²) >= 11 is 0. The van der Waals surface area contributed by atoms with Crippen LogP contribution in [0.15, 0.2) is 66.0 Å². The summed E-state index contributed by atoms with van der Waals surface area (Å²) in [7, 11) is -2.42. The van der Waals surface area contributed by atoms with E-state index in [4.69, 9.17) is 0 Å². The molecular weight excluding hydrogens is 883 g/mol. The molecule has 15 nitrogen and oxygen atoms in total. The first-order chi connectivity index (χ1) is 30.2. The molecule has 2 N–H and O–H groups in total. The fraction of sp³-hybridized carbons (Fsp3) is 0.450. The van der Waals surface area contributed by atoms with Crippen LogP contribution in [-0.2, 0) is 34.6 Å². The van der Waals surface area contributed by atoms with Crippen molar-refractivity contribution in [1.29, 1.82) is 0 Å². The number of likely N-dealkylation sites (tertiary alicyclic amines) is 1. The van der Waals surface area contributed by atoms with Crippen molar-refractivity contribution in [2.45, 2.75) is 80.3 Å². The molecule has 0 saturated carbocycles. The molecule has 0 bridgehead atoms. The Kier molecular flexibility index (Phi) is 12.1. The summed E-state index contributed by atoms with van der Waals surface area (Å²) in [5, 5.41) is 14.0. The van der Waals surface area contributed by atoms with E-state index < -0.39 is 64.7 Å². The van der Waals surface area contributed by atoms with Crippen molar-refractivity contribution in [1.82, 2.24) is 44.1 Å². The Morgan fingerprint density at radius 1 is 0.922 bits per heavy atom. The molecular formula is C40H41F8N11O4S. The Morgan fingerprint density at radius 2 is 1.66 bits per heavy atom. The fourth-order valence-electron chi connectivity index (χ4n) is 8.57. The van der Waals surface area contributed by atoms with Gasteiger partial charge in [-0.1, -0.05) is 18.2 Å². The van der Waals surface area contributed by atoms with Crippen molar-refractivity contribution in [3.8, 4) is 11.3 Å². The van der Waals surface area contributed by atoms with E-state index in [0.717, 1.165) is 28.9 Å². The number of aryl methyl sites for hydroxylation is 1. The van der Waals surface area contributed by atoms with E-state index in [1.807, 2.05) is 18.2 Å². The summed E-state index contributed by atoms with van der Waals surface area (Å²) in [6, 6.07) is 8.85. The molecule has 6 heterocycles. The highest BCUT2D eigenvalue weighted by Gasteiger charge is 2.38. The molecule has 3 aliphatic heterocycles. The summed E-state index contributed by atoms with van der Waals surface area (Å²) in [6.07, 6.45) is -8.71. The molecule has 3 saturated heterocycles. The number of fused-ring (bicyclic) bond motifs is 1. The highest BCUT2D eigenvalue weighted by atomic mass is 32.2. The summed E-state index contributed by atoms with van der Waals surface area (Å²) in [5.74, 6) is -0.151. The number of alkyl halides is 8. The van der Waals surface area contributed by atoms with Gasteiger partial charge in [-0.2, -0.15) is 40.8 Å². The summed E-state index contributed by atoms with van der Waals surface area (Å²) in [4.78, 5) is 34.8. The summed E-state index contributed by atoms with van der Waals surface area (Å²) < 4.78 is 141. The molecule has 5 aromatic rings. The highest BCUT2D eigenvalue weighted by Crippen LogP contribution is 2.39. The van der Waals surface area contributed by atoms with Crippen molar-refractivity contribution >= 4 is 44.6 Å². The molecule has 342 valence electrons. The van der Waals surface area contributed by atoms with Gasteiger partial charge in [0.1, 0.15) is 12.1 Å². The number of urea groups is 1. The minimum absolute atomic E-state index is 0.0296. The number of anilines is 2. The second-order valence-corrected chi connectivity index (χ2v) is 17.9. The predicted molar refractivity (Wildman–Crippen MR) is 215 cm³/mol. The number of carbonyl (C=O) groups excluding carboxylic acids is 2. The van der Waals surface area contributed by atoms with Crippen LogP contribution >= 0.6 is 0 Å². The van der Waals surface area contributed by atoms with Crippen LogP contribution in [0.4, 0.5) is 51.7 Å². The molecule has 64 heavy (non-hydrogen) atoms. The summed E-state index contributed by atoms with van der Waals surface area (Å²) in [6.45, 7) is -0.779. The maximum absolute atomic E-state index is 14.9. The van der Waals surface area contributed by atoms with Crippen LogP contribution in [0.2, 0.25) is 0 Å². The average Bonchev–Trinajstić information content (AvgIpc) is 3.83. The lowest BCUT2D eigenvalue weighted by Gasteiger charge is -2.38. The Balaban J connectivity index is 0.907. The van der Waals surface area contributed by atoms with Gasteiger partial charge in [-0.3, -0.25) is 29.3 Å². The second kappa shape index (κ2) is 17.3. The zero-order valence-corrected chi connectivity index (χ0v) is 34.8. The largest absolute Gasteiger partial charge is 0.419 e. The van der Waals surface area contributed by atoms with Gasteiger partial charge >= 0.3 is 18.4 Å². The first kappa shape index (κ1) is 44.8. The number of halogens is 8. The molecule has 3 amide bonds. The average molecular weight is 924 g/mol. The first-order valence-electron chi connectivity index (χ1n) is 20.3. The van der Waals surface area contributed by atoms with Gasteiger partial charge in [0.25, 0.3) is 6.43 Å². The highest BCUT2D eigenvalue weighted by molar-refractivity contribution is 7.89. The standard InChI is InChI=1S/C40H41F8N11O4S/c1-55-31-18-24(5-6-29(31)36(54-55)59-16-11-32(60)52-38(59)61)23-7-12-56(13-8-23)34(35(41)42)25-3-2-4-28(17-25)64(62,63)58-14-9-27(10-15-58)51-37-49-20-30(40(46,47)48)33(53-37)26-19-50-57(21-26)22-39(43,44)45/h2-6,17-21,23,27,34-35H,7-16,22H2,1H3,(H,49,51,53)(H,52,60,61). The number of hydrogen-bond donors (Lipinski definition) is 2. The lowest BCUT2D eigenvalue weighted by Crippen LogP contribution is -2.49. The molecule has 0 radical (unpaired) electrons. The normalized spacial score (nSPS) is 18.6. The van der Waals surface area contributed by atoms with Gasteiger partial charge in [0.2, 0.25) is 21.9 Å². The van der Waals surface area contributed by atoms with Gasteiger partial charge in [0.05, 0.1) is 28.3 Å². The zero-order chi connectivity index (χ0) is 45.7. The number of nitrogens with one attached hydrogen (secondary N) is 2. The Labute approximate surface area is 360 Å². The van der Waals surface area contributed by atoms with Crippen molar-refractivity contribution in [3.63, 3.8) is 0 Å². The van der Waals surface area contributed by atoms with Gasteiger partial charge in [0, 0.05) is 62.5 Å². The van der Waals surface area contributed by atoms with E-state index in [1.165, 1.54) is 33.5 Å². The van der Waals surface area contributed by atoms with E-state index in [1.54, 1.807) is 16.6 Å². The molecule has 3 fully saturated rings. The van der Waals surface area contributed by atoms with Gasteiger partial charge < -0.3 is 5.32 Å². The number of amides is 3. The van der Waals surface area contributed by atoms with Gasteiger partial charge in [-0.05, 0) is 80.1 Å². The van der Waals surface area contributed by atoms with Gasteiger partial charge in [-0.15, -0.1) is 0 Å². The second-order valence-electron chi connectivity index (χ2n) is 16.0. The number of hydrogen-bond acceptors (Lipinski definition) is 10. The third-order valence-corrected chi connectivity index (χ3v) is 13.7. The number of nitrogens with zero attached hydrogens (tertiary/aromatic N) is 9. The number of piperidine rings is 2. The van der Waals surface area contributed by atoms with Gasteiger partial charge in [0.15, 0.2) is 5.82 Å². The summed E-state index contributed by atoms with van der Waals surface area (Å²) in [5.41, 5.74) is -0.399. The Hall–Kier alpha value is -5.75. The molecule has 1 unspecified atom stereocenters. The van der Waals surface area contributed by atoms with Crippen LogP contribution in [0.5, 0.6) is 0 Å². The zero-order valence-electron chi connectivity index (χ0n) is 34.0. The van der Waals surface area contributed by atoms with Crippen molar-refractivity contribution < 1.29 is 53.1 Å². The van der Waals surface area contributed by atoms with E-state index in [0.29, 0.717) is 42.6 Å². The smallest absolute Gasteiger partial charge is 0.351 e. The molecule has 8 rings (SSSR count). The number of rotatable bonds is 11. The first-order valence-corrected chi connectivity index (χ1v) is 21.7. The monoisotopic (exact) mass is 923 g/mol. The van der Waals surface area contributed by atoms with E-state index in [2.05, 4.69) is 30.8 Å². The third-order valence-electron chi connectivity index (χ3n) is 11.8. The number of imide groups is 1. The molecule has 1 atom stereocenters. The maximum atomic E-state index is 14.9. The van der Waals surface area contributed by atoms with Crippen molar-refractivity contribution in [2.24, 2.45) is 7.05 Å². The predicted octanol–water partition coefficient (Wildman–Crippen LogP) is 6.71. The number of aromatic nitrogens is 6. The molecule has 24 heteroatoms. The lowest BCUT2D eigenvalue weighted by atomic mass is 9.88. The van der Waals surface area contributed by atoms with E-state index in [-0.39, 0.29) is 72.7 Å². The topological polar surface area (TPSA) is 163 Å². The molecule has 2 aromatic carbocycles. The van der Waals surface area contributed by atoms with Crippen LogP contribution in [0.25, 0.3) is 22.2 Å². The van der Waals surface area contributed by atoms with E-state index >= 15 is 0 Å².